The van der Waals surface area contributed by atoms with E-state index in [0.717, 1.165) is 31.7 Å². The number of hydrogen-bond donors (Lipinski definition) is 1. The molecule has 3 rings (SSSR count). The molecule has 2 aromatic rings. The molecule has 0 bridgehead atoms. The molecule has 11 nitrogen and oxygen atoms in total. The first-order valence-electron chi connectivity index (χ1n) is 8.89. The van der Waals surface area contributed by atoms with Gasteiger partial charge in [-0.25, -0.2) is 13.8 Å². The molecule has 4 unspecified atom stereocenters. The lowest BCUT2D eigenvalue weighted by atomic mass is 9.97. The second kappa shape index (κ2) is 7.96. The topological polar surface area (TPSA) is 135 Å². The number of anilines is 1. The first-order chi connectivity index (χ1) is 14.3. The molecule has 0 radical (unpaired) electrons. The van der Waals surface area contributed by atoms with Crippen LogP contribution in [-0.2, 0) is 28.6 Å². The summed E-state index contributed by atoms with van der Waals surface area (Å²) in [5.41, 5.74) is -2.73. The summed E-state index contributed by atoms with van der Waals surface area (Å²) in [4.78, 5) is 45.9. The van der Waals surface area contributed by atoms with Gasteiger partial charge in [0.25, 0.3) is 5.85 Å². The van der Waals surface area contributed by atoms with Crippen molar-refractivity contribution in [3.05, 3.63) is 11.5 Å². The summed E-state index contributed by atoms with van der Waals surface area (Å²) in [6, 6.07) is 0. The molecule has 4 atom stereocenters. The van der Waals surface area contributed by atoms with E-state index in [1.807, 2.05) is 0 Å². The minimum atomic E-state index is -3.01. The number of aromatic nitrogens is 4. The van der Waals surface area contributed by atoms with Crippen LogP contribution in [0.1, 0.15) is 33.9 Å². The number of carbonyl (C=O) groups is 3. The number of carbonyl (C=O) groups excluding carboxylic acids is 3. The molecule has 2 aromatic heterocycles. The van der Waals surface area contributed by atoms with Crippen LogP contribution in [0.5, 0.6) is 0 Å². The summed E-state index contributed by atoms with van der Waals surface area (Å²) >= 11 is 6.06. The number of rotatable bonds is 5. The van der Waals surface area contributed by atoms with Gasteiger partial charge in [-0.3, -0.25) is 24.3 Å². The van der Waals surface area contributed by atoms with Crippen LogP contribution in [-0.4, -0.2) is 61.6 Å². The van der Waals surface area contributed by atoms with Crippen LogP contribution in [0.25, 0.3) is 11.2 Å². The predicted octanol–water partition coefficient (Wildman–Crippen LogP) is 1.86. The predicted molar refractivity (Wildman–Crippen MR) is 100 cm³/mol. The van der Waals surface area contributed by atoms with Gasteiger partial charge >= 0.3 is 11.9 Å². The van der Waals surface area contributed by atoms with E-state index in [9.17, 15) is 14.4 Å². The molecule has 1 N–H and O–H groups in total. The van der Waals surface area contributed by atoms with E-state index in [4.69, 9.17) is 21.1 Å². The third-order valence-electron chi connectivity index (χ3n) is 4.37. The molecule has 0 saturated carbocycles. The first-order valence-corrected chi connectivity index (χ1v) is 9.27. The molecule has 1 saturated heterocycles. The number of nitrogens with zero attached hydrogens (tertiary/aromatic N) is 4. The third kappa shape index (κ3) is 4.28. The third-order valence-corrected chi connectivity index (χ3v) is 4.63. The van der Waals surface area contributed by atoms with Crippen molar-refractivity contribution in [2.75, 3.05) is 11.9 Å². The Bertz CT molecular complexity index is 1060. The van der Waals surface area contributed by atoms with Crippen molar-refractivity contribution < 1.29 is 37.4 Å². The molecule has 0 aliphatic carbocycles. The first kappa shape index (κ1) is 22.7. The van der Waals surface area contributed by atoms with Gasteiger partial charge in [0.2, 0.25) is 18.0 Å². The summed E-state index contributed by atoms with van der Waals surface area (Å²) in [5.74, 6) is -5.53. The van der Waals surface area contributed by atoms with Crippen LogP contribution >= 0.6 is 11.6 Å². The summed E-state index contributed by atoms with van der Waals surface area (Å²) in [7, 11) is 0. The number of fused-ring (bicyclic) bond motifs is 1. The van der Waals surface area contributed by atoms with Crippen molar-refractivity contribution in [1.29, 1.82) is 0 Å². The zero-order valence-electron chi connectivity index (χ0n) is 16.8. The van der Waals surface area contributed by atoms with Gasteiger partial charge in [-0.05, 0) is 6.92 Å². The highest BCUT2D eigenvalue weighted by molar-refractivity contribution is 6.33. The molecule has 31 heavy (non-hydrogen) atoms. The minimum absolute atomic E-state index is 0.0237. The van der Waals surface area contributed by atoms with Gasteiger partial charge in [-0.15, -0.1) is 0 Å². The minimum Gasteiger partial charge on any atom is -0.460 e. The lowest BCUT2D eigenvalue weighted by Crippen LogP contribution is -2.49. The summed E-state index contributed by atoms with van der Waals surface area (Å²) in [6.45, 7) is 3.12. The number of hydrogen-bond acceptors (Lipinski definition) is 9. The van der Waals surface area contributed by atoms with Gasteiger partial charge in [0.05, 0.1) is 6.33 Å². The molecule has 1 fully saturated rings. The largest absolute Gasteiger partial charge is 0.460 e. The molecule has 14 heteroatoms. The van der Waals surface area contributed by atoms with Crippen molar-refractivity contribution in [2.45, 2.75) is 51.6 Å². The van der Waals surface area contributed by atoms with Crippen molar-refractivity contribution in [3.63, 3.8) is 0 Å². The maximum atomic E-state index is 15.8. The van der Waals surface area contributed by atoms with Crippen LogP contribution < -0.4 is 5.32 Å². The smallest absolute Gasteiger partial charge is 0.303 e. The zero-order chi connectivity index (χ0) is 23.1. The van der Waals surface area contributed by atoms with Crippen LogP contribution in [0, 0.1) is 0 Å². The van der Waals surface area contributed by atoms with Gasteiger partial charge in [0.15, 0.2) is 29.3 Å². The van der Waals surface area contributed by atoms with Gasteiger partial charge in [0, 0.05) is 20.8 Å². The maximum Gasteiger partial charge on any atom is 0.303 e. The average molecular weight is 462 g/mol. The molecular formula is C17H18ClF2N5O6. The SMILES string of the molecule is CC(=O)Nc1nc(Cl)c2ncn(C3OC(F)(COC(C)=O)C(OC(C)=O)C3(C)F)c2n1. The van der Waals surface area contributed by atoms with Crippen LogP contribution in [0.2, 0.25) is 5.15 Å². The summed E-state index contributed by atoms with van der Waals surface area (Å²) < 4.78 is 47.2. The van der Waals surface area contributed by atoms with Gasteiger partial charge < -0.3 is 14.2 Å². The number of halogens is 3. The lowest BCUT2D eigenvalue weighted by Gasteiger charge is -2.28. The Morgan fingerprint density at radius 2 is 1.94 bits per heavy atom. The fourth-order valence-electron chi connectivity index (χ4n) is 3.19. The number of ether oxygens (including phenoxy) is 3. The molecule has 0 aromatic carbocycles. The lowest BCUT2D eigenvalue weighted by molar-refractivity contribution is -0.222. The highest BCUT2D eigenvalue weighted by Gasteiger charge is 2.67. The monoisotopic (exact) mass is 461 g/mol. The van der Waals surface area contributed by atoms with E-state index in [1.54, 1.807) is 0 Å². The van der Waals surface area contributed by atoms with Crippen molar-refractivity contribution in [2.24, 2.45) is 0 Å². The number of amides is 1. The number of imidazole rings is 1. The fourth-order valence-corrected chi connectivity index (χ4v) is 3.40. The number of esters is 2. The Balaban J connectivity index is 2.09. The van der Waals surface area contributed by atoms with Crippen LogP contribution in [0.15, 0.2) is 6.33 Å². The average Bonchev–Trinajstić information content (AvgIpc) is 3.12. The van der Waals surface area contributed by atoms with Crippen molar-refractivity contribution in [1.82, 2.24) is 19.5 Å². The molecule has 1 aliphatic heterocycles. The highest BCUT2D eigenvalue weighted by atomic mass is 35.5. The van der Waals surface area contributed by atoms with E-state index in [-0.39, 0.29) is 22.3 Å². The molecule has 168 valence electrons. The van der Waals surface area contributed by atoms with E-state index < -0.39 is 48.3 Å². The molecular weight excluding hydrogens is 444 g/mol. The Hall–Kier alpha value is -2.93. The van der Waals surface area contributed by atoms with Gasteiger partial charge in [-0.2, -0.15) is 9.97 Å². The molecule has 0 spiro atoms. The highest BCUT2D eigenvalue weighted by Crippen LogP contribution is 2.50. The Morgan fingerprint density at radius 3 is 2.52 bits per heavy atom. The van der Waals surface area contributed by atoms with E-state index in [2.05, 4.69) is 25.0 Å². The standard InChI is InChI=1S/C17H18ClF2N5O6/c1-7(26)22-15-23-11(18)10-12(24-15)25(6-21-10)14-16(4,19)13(30-9(3)28)17(20,31-14)5-29-8(2)27/h6,13-14H,5H2,1-4H3,(H,22,23,24,26). The Kier molecular flexibility index (Phi) is 5.84. The van der Waals surface area contributed by atoms with Gasteiger partial charge in [-0.1, -0.05) is 11.6 Å². The molecule has 3 heterocycles. The zero-order valence-corrected chi connectivity index (χ0v) is 17.6. The van der Waals surface area contributed by atoms with E-state index in [0.29, 0.717) is 0 Å². The Morgan fingerprint density at radius 1 is 1.26 bits per heavy atom. The Labute approximate surface area is 179 Å². The van der Waals surface area contributed by atoms with Crippen molar-refractivity contribution in [3.8, 4) is 0 Å². The second-order valence-corrected chi connectivity index (χ2v) is 7.38. The van der Waals surface area contributed by atoms with E-state index in [1.165, 1.54) is 6.92 Å². The fraction of sp³-hybridized carbons (Fsp3) is 0.529. The second-order valence-electron chi connectivity index (χ2n) is 7.02. The normalized spacial score (nSPS) is 27.8. The number of alkyl halides is 2. The summed E-state index contributed by atoms with van der Waals surface area (Å²) in [6.07, 6.45) is -2.78. The molecule has 1 aliphatic rings. The van der Waals surface area contributed by atoms with E-state index >= 15 is 8.78 Å². The number of nitrogens with one attached hydrogen (secondary N) is 1. The maximum absolute atomic E-state index is 15.8. The quantitative estimate of drug-likeness (QED) is 0.522. The molecule has 1 amide bonds. The van der Waals surface area contributed by atoms with Crippen molar-refractivity contribution >= 4 is 46.6 Å². The van der Waals surface area contributed by atoms with Crippen LogP contribution in [0.3, 0.4) is 0 Å². The van der Waals surface area contributed by atoms with Crippen LogP contribution in [0.4, 0.5) is 14.7 Å². The summed E-state index contributed by atoms with van der Waals surface area (Å²) in [5, 5.41) is 2.17. The van der Waals surface area contributed by atoms with Gasteiger partial charge in [0.1, 0.15) is 5.52 Å².